The number of hydrogen-bond acceptors (Lipinski definition) is 4. The number of rotatable bonds is 9. The smallest absolute Gasteiger partial charge is 0.164 e. The lowest BCUT2D eigenvalue weighted by Crippen LogP contribution is -2.04. The first-order valence-electron chi connectivity index (χ1n) is 23.4. The van der Waals surface area contributed by atoms with Crippen LogP contribution in [-0.4, -0.2) is 24.1 Å². The van der Waals surface area contributed by atoms with Gasteiger partial charge in [0.1, 0.15) is 11.2 Å². The first-order chi connectivity index (χ1) is 34.2. The fourth-order valence-electron chi connectivity index (χ4n) is 10.2. The molecule has 13 rings (SSSR count). The Morgan fingerprint density at radius 1 is 0.507 bits per heavy atom. The zero-order valence-corrected chi connectivity index (χ0v) is 37.6. The van der Waals surface area contributed by atoms with Crippen molar-refractivity contribution in [2.75, 3.05) is 0 Å². The Balaban J connectivity index is 1.07. The standard InChI is InChI=1S/C63H43N5O/c1-41(61-64-62(44-25-11-4-12-26-44)66-63(65-61)45-27-13-5-14-28-45)39-51(43-23-9-3-10-24-43)56(40-42-21-7-2-8-22-42)68-53-34-20-18-32-50(53)58-55(68)38-36-48-47-35-37-54-57(59(47)69-60(48)58)49-31-17-19-33-52(49)67(54)46-29-15-6-16-30-46/h3-7,9-40H,1-2,8H2/b51-39-,56-40-. The molecule has 4 aromatic heterocycles. The minimum absolute atomic E-state index is 0.499. The van der Waals surface area contributed by atoms with Gasteiger partial charge in [-0.15, -0.1) is 0 Å². The van der Waals surface area contributed by atoms with Crippen LogP contribution in [0, 0.1) is 0 Å². The molecule has 0 radical (unpaired) electrons. The van der Waals surface area contributed by atoms with Crippen LogP contribution in [0.5, 0.6) is 0 Å². The molecule has 6 nitrogen and oxygen atoms in total. The van der Waals surface area contributed by atoms with E-state index in [0.717, 1.165) is 118 Å². The number of para-hydroxylation sites is 3. The number of nitrogens with zero attached hydrogens (tertiary/aromatic N) is 5. The quantitative estimate of drug-likeness (QED) is 0.136. The minimum atomic E-state index is 0.499. The van der Waals surface area contributed by atoms with Crippen LogP contribution in [-0.2, 0) is 0 Å². The summed E-state index contributed by atoms with van der Waals surface area (Å²) in [6.07, 6.45) is 13.2. The van der Waals surface area contributed by atoms with Crippen LogP contribution < -0.4 is 0 Å². The Hall–Kier alpha value is -9.13. The first-order valence-corrected chi connectivity index (χ1v) is 23.4. The summed E-state index contributed by atoms with van der Waals surface area (Å²) >= 11 is 0. The predicted octanol–water partition coefficient (Wildman–Crippen LogP) is 16.2. The molecular formula is C63H43N5O. The van der Waals surface area contributed by atoms with Gasteiger partial charge in [0.2, 0.25) is 0 Å². The van der Waals surface area contributed by atoms with Gasteiger partial charge in [-0.3, -0.25) is 0 Å². The van der Waals surface area contributed by atoms with E-state index < -0.39 is 0 Å². The van der Waals surface area contributed by atoms with E-state index in [9.17, 15) is 0 Å². The lowest BCUT2D eigenvalue weighted by Gasteiger charge is -2.19. The van der Waals surface area contributed by atoms with E-state index in [4.69, 9.17) is 25.9 Å². The molecule has 0 bridgehead atoms. The average Bonchev–Trinajstić information content (AvgIpc) is 4.08. The van der Waals surface area contributed by atoms with E-state index in [0.29, 0.717) is 23.0 Å². The molecular weight excluding hydrogens is 843 g/mol. The van der Waals surface area contributed by atoms with Crippen molar-refractivity contribution < 1.29 is 4.42 Å². The van der Waals surface area contributed by atoms with Crippen molar-refractivity contribution >= 4 is 82.4 Å². The largest absolute Gasteiger partial charge is 0.455 e. The topological polar surface area (TPSA) is 61.7 Å². The minimum Gasteiger partial charge on any atom is -0.455 e. The third kappa shape index (κ3) is 6.84. The third-order valence-corrected chi connectivity index (χ3v) is 13.3. The molecule has 6 heteroatoms. The summed E-state index contributed by atoms with van der Waals surface area (Å²) in [6, 6.07) is 67.6. The Bertz CT molecular complexity index is 4060. The molecule has 326 valence electrons. The Labute approximate surface area is 398 Å². The second-order valence-electron chi connectivity index (χ2n) is 17.5. The van der Waals surface area contributed by atoms with Gasteiger partial charge in [-0.2, -0.15) is 0 Å². The zero-order chi connectivity index (χ0) is 45.8. The highest BCUT2D eigenvalue weighted by Crippen LogP contribution is 2.46. The van der Waals surface area contributed by atoms with E-state index in [1.807, 2.05) is 60.7 Å². The van der Waals surface area contributed by atoms with Gasteiger partial charge in [-0.25, -0.2) is 15.0 Å². The monoisotopic (exact) mass is 885 g/mol. The molecule has 0 saturated carbocycles. The summed E-state index contributed by atoms with van der Waals surface area (Å²) in [5, 5.41) is 6.58. The molecule has 0 amide bonds. The third-order valence-electron chi connectivity index (χ3n) is 13.3. The number of hydrogen-bond donors (Lipinski definition) is 0. The highest BCUT2D eigenvalue weighted by molar-refractivity contribution is 6.29. The number of aromatic nitrogens is 5. The zero-order valence-electron chi connectivity index (χ0n) is 37.6. The maximum Gasteiger partial charge on any atom is 0.164 e. The molecule has 12 aromatic rings. The number of benzene rings is 8. The van der Waals surface area contributed by atoms with E-state index >= 15 is 0 Å². The average molecular weight is 886 g/mol. The van der Waals surface area contributed by atoms with Crippen molar-refractivity contribution in [1.29, 1.82) is 0 Å². The molecule has 0 fully saturated rings. The van der Waals surface area contributed by atoms with Crippen LogP contribution in [0.4, 0.5) is 0 Å². The molecule has 0 unspecified atom stereocenters. The van der Waals surface area contributed by atoms with E-state index in [1.54, 1.807) is 0 Å². The summed E-state index contributed by atoms with van der Waals surface area (Å²) in [4.78, 5) is 15.2. The van der Waals surface area contributed by atoms with Crippen molar-refractivity contribution in [3.05, 3.63) is 248 Å². The van der Waals surface area contributed by atoms with Crippen LogP contribution in [0.1, 0.15) is 24.2 Å². The Morgan fingerprint density at radius 2 is 1.06 bits per heavy atom. The lowest BCUT2D eigenvalue weighted by atomic mass is 9.96. The van der Waals surface area contributed by atoms with Crippen LogP contribution in [0.3, 0.4) is 0 Å². The van der Waals surface area contributed by atoms with Gasteiger partial charge in [0.15, 0.2) is 17.5 Å². The van der Waals surface area contributed by atoms with Gasteiger partial charge >= 0.3 is 0 Å². The van der Waals surface area contributed by atoms with Crippen molar-refractivity contribution in [2.45, 2.75) is 12.8 Å². The summed E-state index contributed by atoms with van der Waals surface area (Å²) in [5.41, 5.74) is 13.8. The van der Waals surface area contributed by atoms with Crippen molar-refractivity contribution in [2.24, 2.45) is 0 Å². The number of fused-ring (bicyclic) bond motifs is 11. The van der Waals surface area contributed by atoms with Gasteiger partial charge in [0, 0.05) is 49.5 Å². The first kappa shape index (κ1) is 40.2. The molecule has 0 N–H and O–H groups in total. The molecule has 69 heavy (non-hydrogen) atoms. The van der Waals surface area contributed by atoms with Crippen LogP contribution in [0.2, 0.25) is 0 Å². The van der Waals surface area contributed by atoms with Gasteiger partial charge in [0.25, 0.3) is 0 Å². The van der Waals surface area contributed by atoms with Crippen molar-refractivity contribution in [3.63, 3.8) is 0 Å². The fraction of sp³-hybridized carbons (Fsp3) is 0.0317. The highest BCUT2D eigenvalue weighted by atomic mass is 16.3. The van der Waals surface area contributed by atoms with Gasteiger partial charge in [-0.1, -0.05) is 170 Å². The van der Waals surface area contributed by atoms with Gasteiger partial charge in [0.05, 0.1) is 38.5 Å². The van der Waals surface area contributed by atoms with Gasteiger partial charge in [-0.05, 0) is 84.7 Å². The second kappa shape index (κ2) is 16.6. The second-order valence-corrected chi connectivity index (χ2v) is 17.5. The molecule has 0 spiro atoms. The molecule has 1 aliphatic rings. The SMILES string of the molecule is C=C(/C=C(\C(=C\C1=CCCC=C1)n1c2ccccc2c2c3oc4c(ccc5c4c4ccccc4n5-c4ccccc4)c3ccc21)c1ccccc1)c1nc(-c2ccccc2)nc(-c2ccccc2)n1. The van der Waals surface area contributed by atoms with E-state index in [2.05, 4.69) is 173 Å². The molecule has 4 heterocycles. The van der Waals surface area contributed by atoms with Crippen LogP contribution in [0.15, 0.2) is 241 Å². The Kier molecular flexibility index (Phi) is 9.68. The predicted molar refractivity (Wildman–Crippen MR) is 286 cm³/mol. The number of allylic oxidation sites excluding steroid dienone is 9. The van der Waals surface area contributed by atoms with E-state index in [-0.39, 0.29) is 0 Å². The van der Waals surface area contributed by atoms with Crippen LogP contribution in [0.25, 0.3) is 111 Å². The fourth-order valence-corrected chi connectivity index (χ4v) is 10.2. The Morgan fingerprint density at radius 3 is 1.70 bits per heavy atom. The summed E-state index contributed by atoms with van der Waals surface area (Å²) in [7, 11) is 0. The summed E-state index contributed by atoms with van der Waals surface area (Å²) in [5.74, 6) is 1.67. The summed E-state index contributed by atoms with van der Waals surface area (Å²) < 4.78 is 12.1. The maximum atomic E-state index is 7.33. The lowest BCUT2D eigenvalue weighted by molar-refractivity contribution is 0.677. The van der Waals surface area contributed by atoms with E-state index in [1.165, 1.54) is 0 Å². The van der Waals surface area contributed by atoms with Crippen molar-refractivity contribution in [1.82, 2.24) is 24.1 Å². The molecule has 0 saturated heterocycles. The number of furan rings is 1. The van der Waals surface area contributed by atoms with Gasteiger partial charge < -0.3 is 13.6 Å². The van der Waals surface area contributed by atoms with Crippen molar-refractivity contribution in [3.8, 4) is 28.5 Å². The highest BCUT2D eigenvalue weighted by Gasteiger charge is 2.25. The maximum absolute atomic E-state index is 7.33. The normalized spacial score (nSPS) is 13.4. The summed E-state index contributed by atoms with van der Waals surface area (Å²) in [6.45, 7) is 4.72. The molecule has 1 aliphatic carbocycles. The van der Waals surface area contributed by atoms with Crippen LogP contribution >= 0.6 is 0 Å². The molecule has 8 aromatic carbocycles. The molecule has 0 atom stereocenters. The molecule has 0 aliphatic heterocycles.